The maximum Gasteiger partial charge on any atom is 0.283 e. The molecule has 0 atom stereocenters. The van der Waals surface area contributed by atoms with Gasteiger partial charge >= 0.3 is 0 Å². The maximum absolute atomic E-state index is 12.2. The van der Waals surface area contributed by atoms with Crippen molar-refractivity contribution in [3.8, 4) is 0 Å². The number of hydrogen-bond acceptors (Lipinski definition) is 5. The van der Waals surface area contributed by atoms with Crippen LogP contribution in [0.2, 0.25) is 0 Å². The number of rotatable bonds is 8. The highest BCUT2D eigenvalue weighted by molar-refractivity contribution is 9.10. The summed E-state index contributed by atoms with van der Waals surface area (Å²) in [7, 11) is 0. The monoisotopic (exact) mass is 360 g/mol. The van der Waals surface area contributed by atoms with Gasteiger partial charge < -0.3 is 15.7 Å². The number of nitrogens with two attached hydrogens (primary N) is 1. The van der Waals surface area contributed by atoms with Gasteiger partial charge in [0.2, 0.25) is 0 Å². The number of aromatic nitrogens is 2. The minimum absolute atomic E-state index is 0.0471. The summed E-state index contributed by atoms with van der Waals surface area (Å²) in [6.07, 6.45) is 2.64. The van der Waals surface area contributed by atoms with Crippen molar-refractivity contribution in [1.82, 2.24) is 9.78 Å². The predicted octanol–water partition coefficient (Wildman–Crippen LogP) is 1.20. The van der Waals surface area contributed by atoms with Gasteiger partial charge in [0.05, 0.1) is 25.0 Å². The molecule has 3 N–H and O–H groups in total. The highest BCUT2D eigenvalue weighted by Gasteiger charge is 2.23. The predicted molar refractivity (Wildman–Crippen MR) is 88.6 cm³/mol. The molecule has 0 fully saturated rings. The van der Waals surface area contributed by atoms with Crippen molar-refractivity contribution < 1.29 is 5.11 Å². The first-order valence-electron chi connectivity index (χ1n) is 7.17. The second-order valence-electron chi connectivity index (χ2n) is 5.89. The van der Waals surface area contributed by atoms with Crippen molar-refractivity contribution in [3.05, 3.63) is 21.0 Å². The van der Waals surface area contributed by atoms with Crippen LogP contribution in [0.4, 0.5) is 5.69 Å². The molecule has 0 bridgehead atoms. The first-order chi connectivity index (χ1) is 9.86. The summed E-state index contributed by atoms with van der Waals surface area (Å²) in [6.45, 7) is 8.52. The topological polar surface area (TPSA) is 84.4 Å². The zero-order valence-electron chi connectivity index (χ0n) is 13.0. The Morgan fingerprint density at radius 2 is 2.19 bits per heavy atom. The molecule has 1 rings (SSSR count). The fraction of sp³-hybridized carbons (Fsp3) is 0.714. The van der Waals surface area contributed by atoms with E-state index in [0.29, 0.717) is 11.0 Å². The first-order valence-corrected chi connectivity index (χ1v) is 7.97. The van der Waals surface area contributed by atoms with E-state index < -0.39 is 0 Å². The molecule has 0 radical (unpaired) electrons. The van der Waals surface area contributed by atoms with E-state index in [4.69, 9.17) is 10.8 Å². The largest absolute Gasteiger partial charge is 0.394 e. The van der Waals surface area contributed by atoms with E-state index in [9.17, 15) is 4.79 Å². The quantitative estimate of drug-likeness (QED) is 0.727. The lowest BCUT2D eigenvalue weighted by Gasteiger charge is -2.33. The van der Waals surface area contributed by atoms with Crippen LogP contribution in [0.3, 0.4) is 0 Å². The molecule has 120 valence electrons. The molecule has 0 saturated heterocycles. The molecule has 0 spiro atoms. The molecule has 6 nitrogen and oxygen atoms in total. The number of hydrogen-bond donors (Lipinski definition) is 2. The van der Waals surface area contributed by atoms with Gasteiger partial charge in [0.25, 0.3) is 5.56 Å². The fourth-order valence-electron chi connectivity index (χ4n) is 2.07. The standard InChI is InChI=1S/C14H25BrN4O2/c1-4-5-18(10-14(2,3)9-16)11-8-17-19(6-7-20)13(21)12(11)15/h8,20H,4-7,9-10,16H2,1-3H3. The van der Waals surface area contributed by atoms with Crippen molar-refractivity contribution in [1.29, 1.82) is 0 Å². The Morgan fingerprint density at radius 3 is 2.71 bits per heavy atom. The molecule has 0 aromatic carbocycles. The lowest BCUT2D eigenvalue weighted by molar-refractivity contribution is 0.266. The Labute approximate surface area is 134 Å². The van der Waals surface area contributed by atoms with Crippen LogP contribution in [0.1, 0.15) is 27.2 Å². The van der Waals surface area contributed by atoms with Crippen LogP contribution in [-0.2, 0) is 6.54 Å². The number of nitrogens with zero attached hydrogens (tertiary/aromatic N) is 3. The Bertz CT molecular complexity index is 516. The summed E-state index contributed by atoms with van der Waals surface area (Å²) >= 11 is 3.37. The van der Waals surface area contributed by atoms with Gasteiger partial charge in [-0.1, -0.05) is 20.8 Å². The van der Waals surface area contributed by atoms with E-state index in [1.54, 1.807) is 6.20 Å². The first kappa shape index (κ1) is 18.1. The van der Waals surface area contributed by atoms with E-state index in [-0.39, 0.29) is 24.1 Å². The van der Waals surface area contributed by atoms with E-state index in [1.807, 2.05) is 0 Å². The third kappa shape index (κ3) is 4.79. The van der Waals surface area contributed by atoms with Crippen LogP contribution in [-0.4, -0.2) is 41.1 Å². The van der Waals surface area contributed by atoms with Crippen LogP contribution in [0.25, 0.3) is 0 Å². The zero-order chi connectivity index (χ0) is 16.0. The molecule has 0 saturated carbocycles. The summed E-state index contributed by atoms with van der Waals surface area (Å²) in [6, 6.07) is 0. The van der Waals surface area contributed by atoms with Crippen LogP contribution in [0, 0.1) is 5.41 Å². The molecule has 21 heavy (non-hydrogen) atoms. The van der Waals surface area contributed by atoms with E-state index in [1.165, 1.54) is 4.68 Å². The number of aliphatic hydroxyl groups is 1. The third-order valence-corrected chi connectivity index (χ3v) is 4.03. The van der Waals surface area contributed by atoms with Crippen molar-refractivity contribution in [2.75, 3.05) is 31.1 Å². The Kier molecular flexibility index (Phi) is 6.83. The van der Waals surface area contributed by atoms with Crippen LogP contribution in [0.15, 0.2) is 15.5 Å². The van der Waals surface area contributed by atoms with E-state index in [0.717, 1.165) is 25.2 Å². The molecule has 0 aliphatic heterocycles. The zero-order valence-corrected chi connectivity index (χ0v) is 14.6. The maximum atomic E-state index is 12.2. The molecule has 1 aromatic heterocycles. The molecular weight excluding hydrogens is 336 g/mol. The summed E-state index contributed by atoms with van der Waals surface area (Å²) in [5.41, 5.74) is 6.31. The van der Waals surface area contributed by atoms with Crippen LogP contribution >= 0.6 is 15.9 Å². The third-order valence-electron chi connectivity index (χ3n) is 3.28. The molecule has 0 aliphatic rings. The summed E-state index contributed by atoms with van der Waals surface area (Å²) < 4.78 is 1.73. The summed E-state index contributed by atoms with van der Waals surface area (Å²) in [5, 5.41) is 13.1. The number of aliphatic hydroxyl groups excluding tert-OH is 1. The van der Waals surface area contributed by atoms with Crippen LogP contribution in [0.5, 0.6) is 0 Å². The van der Waals surface area contributed by atoms with E-state index in [2.05, 4.69) is 46.7 Å². The van der Waals surface area contributed by atoms with Crippen molar-refractivity contribution in [2.24, 2.45) is 11.1 Å². The van der Waals surface area contributed by atoms with E-state index >= 15 is 0 Å². The SMILES string of the molecule is CCCN(CC(C)(C)CN)c1cnn(CCO)c(=O)c1Br. The van der Waals surface area contributed by atoms with Gasteiger partial charge in [0.1, 0.15) is 4.47 Å². The van der Waals surface area contributed by atoms with Crippen molar-refractivity contribution >= 4 is 21.6 Å². The minimum atomic E-state index is -0.229. The molecule has 7 heteroatoms. The van der Waals surface area contributed by atoms with Gasteiger partial charge in [-0.05, 0) is 34.3 Å². The molecular formula is C14H25BrN4O2. The van der Waals surface area contributed by atoms with Gasteiger partial charge in [-0.15, -0.1) is 0 Å². The molecule has 0 amide bonds. The van der Waals surface area contributed by atoms with Crippen molar-refractivity contribution in [3.63, 3.8) is 0 Å². The Hall–Kier alpha value is -0.920. The minimum Gasteiger partial charge on any atom is -0.394 e. The van der Waals surface area contributed by atoms with Gasteiger partial charge in [0, 0.05) is 13.1 Å². The van der Waals surface area contributed by atoms with Crippen LogP contribution < -0.4 is 16.2 Å². The van der Waals surface area contributed by atoms with Gasteiger partial charge in [-0.3, -0.25) is 4.79 Å². The summed E-state index contributed by atoms with van der Waals surface area (Å²) in [4.78, 5) is 14.3. The fourth-order valence-corrected chi connectivity index (χ4v) is 2.62. The van der Waals surface area contributed by atoms with Gasteiger partial charge in [-0.25, -0.2) is 4.68 Å². The Balaban J connectivity index is 3.14. The lowest BCUT2D eigenvalue weighted by Crippen LogP contribution is -2.40. The van der Waals surface area contributed by atoms with Gasteiger partial charge in [0.15, 0.2) is 0 Å². The van der Waals surface area contributed by atoms with Gasteiger partial charge in [-0.2, -0.15) is 5.10 Å². The second-order valence-corrected chi connectivity index (χ2v) is 6.68. The molecule has 1 aromatic rings. The smallest absolute Gasteiger partial charge is 0.283 e. The summed E-state index contributed by atoms with van der Waals surface area (Å²) in [5.74, 6) is 0. The highest BCUT2D eigenvalue weighted by atomic mass is 79.9. The lowest BCUT2D eigenvalue weighted by atomic mass is 9.93. The molecule has 1 heterocycles. The highest BCUT2D eigenvalue weighted by Crippen LogP contribution is 2.25. The Morgan fingerprint density at radius 1 is 1.52 bits per heavy atom. The molecule has 0 aliphatic carbocycles. The number of halogens is 1. The second kappa shape index (κ2) is 7.91. The average molecular weight is 361 g/mol. The molecule has 0 unspecified atom stereocenters. The van der Waals surface area contributed by atoms with Crippen molar-refractivity contribution in [2.45, 2.75) is 33.7 Å². The number of anilines is 1. The normalized spacial score (nSPS) is 11.7. The average Bonchev–Trinajstić information content (AvgIpc) is 2.44.